The Morgan fingerprint density at radius 2 is 1.84 bits per heavy atom. The minimum atomic E-state index is -4.66. The highest BCUT2D eigenvalue weighted by Crippen LogP contribution is 2.33. The van der Waals surface area contributed by atoms with Crippen LogP contribution in [0.3, 0.4) is 0 Å². The second-order valence-electron chi connectivity index (χ2n) is 3.87. The molecule has 1 heterocycles. The van der Waals surface area contributed by atoms with Crippen LogP contribution >= 0.6 is 11.3 Å². The van der Waals surface area contributed by atoms with Crippen LogP contribution in [0.2, 0.25) is 0 Å². The smallest absolute Gasteiger partial charge is 0.391 e. The Morgan fingerprint density at radius 1 is 1.21 bits per heavy atom. The van der Waals surface area contributed by atoms with Crippen molar-refractivity contribution in [2.75, 3.05) is 0 Å². The van der Waals surface area contributed by atoms with Gasteiger partial charge in [0.1, 0.15) is 5.69 Å². The first-order chi connectivity index (χ1) is 8.93. The van der Waals surface area contributed by atoms with Crippen molar-refractivity contribution in [2.45, 2.75) is 19.3 Å². The van der Waals surface area contributed by atoms with E-state index in [1.54, 1.807) is 30.3 Å². The zero-order valence-electron chi connectivity index (χ0n) is 9.65. The molecule has 0 amide bonds. The van der Waals surface area contributed by atoms with Gasteiger partial charge < -0.3 is 5.11 Å². The molecule has 0 aliphatic heterocycles. The van der Waals surface area contributed by atoms with Crippen molar-refractivity contribution in [1.82, 2.24) is 4.57 Å². The van der Waals surface area contributed by atoms with Gasteiger partial charge in [-0.15, -0.1) is 0 Å². The van der Waals surface area contributed by atoms with E-state index in [1.807, 2.05) is 0 Å². The largest absolute Gasteiger partial charge is 0.432 e. The minimum absolute atomic E-state index is 0.162. The van der Waals surface area contributed by atoms with Gasteiger partial charge in [0.05, 0.1) is 18.0 Å². The van der Waals surface area contributed by atoms with Crippen LogP contribution < -0.4 is 4.87 Å². The van der Waals surface area contributed by atoms with Crippen LogP contribution in [0.4, 0.5) is 13.2 Å². The molecule has 0 bridgehead atoms. The molecule has 2 aromatic rings. The summed E-state index contributed by atoms with van der Waals surface area (Å²) in [7, 11) is 0. The molecule has 0 radical (unpaired) electrons. The molecular formula is C12H10F3NO2S. The topological polar surface area (TPSA) is 42.2 Å². The maximum atomic E-state index is 12.9. The number of halogens is 3. The average Bonchev–Trinajstić information content (AvgIpc) is 2.67. The first-order valence-corrected chi connectivity index (χ1v) is 6.19. The fourth-order valence-electron chi connectivity index (χ4n) is 1.78. The van der Waals surface area contributed by atoms with E-state index in [0.717, 1.165) is 0 Å². The van der Waals surface area contributed by atoms with E-state index in [0.29, 0.717) is 21.5 Å². The predicted molar refractivity (Wildman–Crippen MR) is 65.0 cm³/mol. The summed E-state index contributed by atoms with van der Waals surface area (Å²) in [5.41, 5.74) is -0.466. The molecule has 0 spiro atoms. The van der Waals surface area contributed by atoms with E-state index in [1.165, 1.54) is 0 Å². The lowest BCUT2D eigenvalue weighted by atomic mass is 10.2. The van der Waals surface area contributed by atoms with Crippen molar-refractivity contribution in [3.8, 4) is 0 Å². The minimum Gasteiger partial charge on any atom is -0.391 e. The van der Waals surface area contributed by atoms with Crippen LogP contribution in [0.5, 0.6) is 0 Å². The van der Waals surface area contributed by atoms with Crippen LogP contribution in [-0.2, 0) is 19.3 Å². The molecule has 2 rings (SSSR count). The average molecular weight is 289 g/mol. The lowest BCUT2D eigenvalue weighted by Crippen LogP contribution is -2.22. The molecule has 3 nitrogen and oxygen atoms in total. The number of thiazole rings is 1. The van der Waals surface area contributed by atoms with Gasteiger partial charge in [0, 0.05) is 0 Å². The summed E-state index contributed by atoms with van der Waals surface area (Å²) < 4.78 is 39.5. The lowest BCUT2D eigenvalue weighted by Gasteiger charge is -2.12. The van der Waals surface area contributed by atoms with E-state index in [4.69, 9.17) is 5.11 Å². The standard InChI is InChI=1S/C12H10F3NO2S/c13-12(14,15)10-9(7-17)19-11(18)16(10)6-8-4-2-1-3-5-8/h1-5,17H,6-7H2. The van der Waals surface area contributed by atoms with Crippen LogP contribution in [0.1, 0.15) is 16.1 Å². The van der Waals surface area contributed by atoms with Crippen molar-refractivity contribution in [3.05, 3.63) is 56.1 Å². The van der Waals surface area contributed by atoms with Crippen molar-refractivity contribution in [1.29, 1.82) is 0 Å². The molecule has 1 N–H and O–H groups in total. The molecule has 1 aromatic heterocycles. The van der Waals surface area contributed by atoms with E-state index in [-0.39, 0.29) is 11.4 Å². The number of benzene rings is 1. The molecular weight excluding hydrogens is 279 g/mol. The Hall–Kier alpha value is -1.60. The number of rotatable bonds is 3. The van der Waals surface area contributed by atoms with Crippen molar-refractivity contribution >= 4 is 11.3 Å². The summed E-state index contributed by atoms with van der Waals surface area (Å²) >= 11 is 0.425. The highest BCUT2D eigenvalue weighted by molar-refractivity contribution is 7.09. The Kier molecular flexibility index (Phi) is 3.77. The third kappa shape index (κ3) is 2.87. The summed E-state index contributed by atoms with van der Waals surface area (Å²) in [6.45, 7) is -0.957. The summed E-state index contributed by atoms with van der Waals surface area (Å²) in [5.74, 6) is 0. The summed E-state index contributed by atoms with van der Waals surface area (Å²) in [4.78, 5) is 10.6. The van der Waals surface area contributed by atoms with E-state index in [9.17, 15) is 18.0 Å². The van der Waals surface area contributed by atoms with E-state index in [2.05, 4.69) is 0 Å². The monoisotopic (exact) mass is 289 g/mol. The molecule has 0 saturated heterocycles. The normalized spacial score (nSPS) is 11.8. The Balaban J connectivity index is 2.51. The van der Waals surface area contributed by atoms with E-state index >= 15 is 0 Å². The fraction of sp³-hybridized carbons (Fsp3) is 0.250. The predicted octanol–water partition coefficient (Wildman–Crippen LogP) is 2.47. The Bertz CT molecular complexity index is 616. The molecule has 0 saturated carbocycles. The number of aromatic nitrogens is 1. The van der Waals surface area contributed by atoms with Crippen LogP contribution in [0.25, 0.3) is 0 Å². The molecule has 7 heteroatoms. The zero-order valence-corrected chi connectivity index (χ0v) is 10.5. The SMILES string of the molecule is O=c1sc(CO)c(C(F)(F)F)n1Cc1ccccc1. The van der Waals surface area contributed by atoms with Crippen LogP contribution in [-0.4, -0.2) is 9.67 Å². The highest BCUT2D eigenvalue weighted by Gasteiger charge is 2.38. The summed E-state index contributed by atoms with van der Waals surface area (Å²) in [6.07, 6.45) is -4.66. The second-order valence-corrected chi connectivity index (χ2v) is 4.91. The Labute approximate surface area is 110 Å². The van der Waals surface area contributed by atoms with Gasteiger partial charge in [0.2, 0.25) is 0 Å². The highest BCUT2D eigenvalue weighted by atomic mass is 32.1. The Morgan fingerprint density at radius 3 is 2.37 bits per heavy atom. The van der Waals surface area contributed by atoms with Crippen molar-refractivity contribution in [3.63, 3.8) is 0 Å². The van der Waals surface area contributed by atoms with Gasteiger partial charge in [-0.3, -0.25) is 9.36 Å². The van der Waals surface area contributed by atoms with Gasteiger partial charge in [-0.1, -0.05) is 41.7 Å². The maximum Gasteiger partial charge on any atom is 0.432 e. The third-order valence-electron chi connectivity index (χ3n) is 2.56. The number of alkyl halides is 3. The summed E-state index contributed by atoms with van der Waals surface area (Å²) in [6, 6.07) is 8.40. The fourth-order valence-corrected chi connectivity index (χ4v) is 2.64. The van der Waals surface area contributed by atoms with Gasteiger partial charge in [-0.25, -0.2) is 0 Å². The number of hydrogen-bond acceptors (Lipinski definition) is 3. The number of aliphatic hydroxyl groups is 1. The third-order valence-corrected chi connectivity index (χ3v) is 3.52. The molecule has 0 unspecified atom stereocenters. The molecule has 0 aliphatic rings. The van der Waals surface area contributed by atoms with Crippen LogP contribution in [0, 0.1) is 0 Å². The van der Waals surface area contributed by atoms with Crippen molar-refractivity contribution in [2.24, 2.45) is 0 Å². The molecule has 1 aromatic carbocycles. The van der Waals surface area contributed by atoms with Gasteiger partial charge in [0.25, 0.3) is 0 Å². The molecule has 0 atom stereocenters. The molecule has 102 valence electrons. The molecule has 0 fully saturated rings. The van der Waals surface area contributed by atoms with Gasteiger partial charge in [-0.05, 0) is 5.56 Å². The van der Waals surface area contributed by atoms with E-state index < -0.39 is 23.4 Å². The first kappa shape index (κ1) is 13.8. The van der Waals surface area contributed by atoms with Gasteiger partial charge in [0.15, 0.2) is 0 Å². The van der Waals surface area contributed by atoms with Crippen molar-refractivity contribution < 1.29 is 18.3 Å². The van der Waals surface area contributed by atoms with Crippen LogP contribution in [0.15, 0.2) is 35.1 Å². The maximum absolute atomic E-state index is 12.9. The molecule has 19 heavy (non-hydrogen) atoms. The quantitative estimate of drug-likeness (QED) is 0.943. The summed E-state index contributed by atoms with van der Waals surface area (Å²) in [5, 5.41) is 8.94. The molecule has 0 aliphatic carbocycles. The number of nitrogens with zero attached hydrogens (tertiary/aromatic N) is 1. The van der Waals surface area contributed by atoms with Gasteiger partial charge in [-0.2, -0.15) is 13.2 Å². The zero-order chi connectivity index (χ0) is 14.0. The number of hydrogen-bond donors (Lipinski definition) is 1. The van der Waals surface area contributed by atoms with Gasteiger partial charge >= 0.3 is 11.0 Å². The first-order valence-electron chi connectivity index (χ1n) is 5.38. The number of aliphatic hydroxyl groups excluding tert-OH is 1. The second kappa shape index (κ2) is 5.18. The lowest BCUT2D eigenvalue weighted by molar-refractivity contribution is -0.144.